The fourth-order valence-corrected chi connectivity index (χ4v) is 1.10. The molecule has 0 radical (unpaired) electrons. The Morgan fingerprint density at radius 1 is 1.44 bits per heavy atom. The van der Waals surface area contributed by atoms with Crippen LogP contribution in [0.25, 0.3) is 10.4 Å². The second-order valence-electron chi connectivity index (χ2n) is 3.05. The predicted octanol–water partition coefficient (Wildman–Crippen LogP) is 2.92. The van der Waals surface area contributed by atoms with Crippen molar-refractivity contribution < 1.29 is 13.7 Å². The van der Waals surface area contributed by atoms with Crippen molar-refractivity contribution in [1.82, 2.24) is 0 Å². The average molecular weight is 252 g/mol. The zero-order valence-corrected chi connectivity index (χ0v) is 8.93. The number of rotatable bonds is 3. The van der Waals surface area contributed by atoms with Crippen molar-refractivity contribution in [3.63, 3.8) is 0 Å². The molecule has 0 atom stereocenters. The molecule has 1 rings (SSSR count). The molecule has 18 heavy (non-hydrogen) atoms. The number of hydrogen-bond acceptors (Lipinski definition) is 3. The lowest BCUT2D eigenvalue weighted by molar-refractivity contribution is -0.385. The van der Waals surface area contributed by atoms with Crippen molar-refractivity contribution in [1.29, 1.82) is 0 Å². The molecule has 0 spiro atoms. The van der Waals surface area contributed by atoms with Gasteiger partial charge in [0, 0.05) is 17.9 Å². The molecule has 0 N–H and O–H groups in total. The Hall–Kier alpha value is -2.65. The smallest absolute Gasteiger partial charge is 0.258 e. The van der Waals surface area contributed by atoms with Crippen molar-refractivity contribution in [2.75, 3.05) is 6.54 Å². The minimum atomic E-state index is -1.30. The van der Waals surface area contributed by atoms with Gasteiger partial charge in [0.1, 0.15) is 5.56 Å². The van der Waals surface area contributed by atoms with Gasteiger partial charge in [0.2, 0.25) is 0 Å². The van der Waals surface area contributed by atoms with Crippen molar-refractivity contribution in [2.45, 2.75) is 6.42 Å². The number of azide groups is 1. The third-order valence-electron chi connectivity index (χ3n) is 1.86. The van der Waals surface area contributed by atoms with Crippen LogP contribution in [0.5, 0.6) is 0 Å². The summed E-state index contributed by atoms with van der Waals surface area (Å²) in [7, 11) is 0. The van der Waals surface area contributed by atoms with Gasteiger partial charge in [-0.3, -0.25) is 10.1 Å². The lowest BCUT2D eigenvalue weighted by Crippen LogP contribution is -1.96. The van der Waals surface area contributed by atoms with Gasteiger partial charge in [0.05, 0.1) is 11.0 Å². The van der Waals surface area contributed by atoms with Gasteiger partial charge < -0.3 is 0 Å². The predicted molar refractivity (Wildman–Crippen MR) is 58.5 cm³/mol. The maximum atomic E-state index is 12.9. The highest BCUT2D eigenvalue weighted by Crippen LogP contribution is 2.21. The van der Waals surface area contributed by atoms with Crippen LogP contribution in [0, 0.1) is 33.6 Å². The number of nitro benzene ring substituents is 1. The summed E-state index contributed by atoms with van der Waals surface area (Å²) in [5, 5.41) is 13.8. The molecule has 0 unspecified atom stereocenters. The van der Waals surface area contributed by atoms with E-state index < -0.39 is 22.2 Å². The maximum Gasteiger partial charge on any atom is 0.288 e. The normalized spacial score (nSPS) is 9.00. The molecule has 0 aliphatic heterocycles. The molecule has 0 fully saturated rings. The molecule has 0 aromatic heterocycles. The summed E-state index contributed by atoms with van der Waals surface area (Å²) in [4.78, 5) is 12.2. The van der Waals surface area contributed by atoms with Crippen molar-refractivity contribution in [3.8, 4) is 11.8 Å². The third-order valence-corrected chi connectivity index (χ3v) is 1.86. The number of halogens is 2. The highest BCUT2D eigenvalue weighted by atomic mass is 19.2. The summed E-state index contributed by atoms with van der Waals surface area (Å²) >= 11 is 0. The molecule has 1 aromatic rings. The largest absolute Gasteiger partial charge is 0.288 e. The Labute approximate surface area is 100 Å². The zero-order valence-electron chi connectivity index (χ0n) is 8.93. The molecule has 0 bridgehead atoms. The zero-order chi connectivity index (χ0) is 13.5. The van der Waals surface area contributed by atoms with E-state index >= 15 is 0 Å². The van der Waals surface area contributed by atoms with E-state index in [9.17, 15) is 18.9 Å². The summed E-state index contributed by atoms with van der Waals surface area (Å²) in [6.07, 6.45) is 0.167. The van der Waals surface area contributed by atoms with Crippen LogP contribution >= 0.6 is 0 Å². The van der Waals surface area contributed by atoms with Gasteiger partial charge >= 0.3 is 0 Å². The number of benzene rings is 1. The summed E-state index contributed by atoms with van der Waals surface area (Å²) in [5.74, 6) is 2.30. The van der Waals surface area contributed by atoms with Gasteiger partial charge in [-0.05, 0) is 11.6 Å². The lowest BCUT2D eigenvalue weighted by Gasteiger charge is -1.97. The van der Waals surface area contributed by atoms with E-state index in [1.165, 1.54) is 0 Å². The number of nitro groups is 1. The first kappa shape index (κ1) is 13.4. The molecular weight excluding hydrogens is 246 g/mol. The van der Waals surface area contributed by atoms with Crippen LogP contribution in [0.4, 0.5) is 14.5 Å². The van der Waals surface area contributed by atoms with Crippen molar-refractivity contribution in [3.05, 3.63) is 49.9 Å². The molecule has 8 heteroatoms. The van der Waals surface area contributed by atoms with Gasteiger partial charge in [0.25, 0.3) is 5.69 Å². The molecule has 0 heterocycles. The Morgan fingerprint density at radius 2 is 2.11 bits per heavy atom. The van der Waals surface area contributed by atoms with Crippen LogP contribution in [-0.4, -0.2) is 11.5 Å². The topological polar surface area (TPSA) is 91.9 Å². The fourth-order valence-electron chi connectivity index (χ4n) is 1.10. The second kappa shape index (κ2) is 6.18. The Bertz CT molecular complexity index is 586. The molecular formula is C10H6F2N4O2. The van der Waals surface area contributed by atoms with E-state index in [2.05, 4.69) is 21.9 Å². The van der Waals surface area contributed by atoms with Crippen LogP contribution < -0.4 is 0 Å². The van der Waals surface area contributed by atoms with Gasteiger partial charge in [0.15, 0.2) is 11.6 Å². The van der Waals surface area contributed by atoms with E-state index in [1.807, 2.05) is 0 Å². The average Bonchev–Trinajstić information content (AvgIpc) is 2.32. The first-order chi connectivity index (χ1) is 8.56. The standard InChI is InChI=1S/C10H6F2N4O2/c11-8-5-7(3-1-2-4-14-15-13)10(16(17)18)6-9(8)12/h5-6H,2,4H2. The van der Waals surface area contributed by atoms with Gasteiger partial charge in [-0.25, -0.2) is 8.78 Å². The summed E-state index contributed by atoms with van der Waals surface area (Å²) < 4.78 is 25.7. The Kier molecular flexibility index (Phi) is 4.60. The minimum absolute atomic E-state index is 0.0982. The van der Waals surface area contributed by atoms with Crippen LogP contribution in [0.1, 0.15) is 12.0 Å². The first-order valence-electron chi connectivity index (χ1n) is 4.69. The highest BCUT2D eigenvalue weighted by molar-refractivity contribution is 5.51. The van der Waals surface area contributed by atoms with Crippen molar-refractivity contribution in [2.24, 2.45) is 5.11 Å². The molecule has 0 aliphatic carbocycles. The van der Waals surface area contributed by atoms with E-state index in [4.69, 9.17) is 5.53 Å². The Morgan fingerprint density at radius 3 is 2.72 bits per heavy atom. The van der Waals surface area contributed by atoms with Crippen LogP contribution in [0.15, 0.2) is 17.2 Å². The molecule has 6 nitrogen and oxygen atoms in total. The summed E-state index contributed by atoms with van der Waals surface area (Å²) in [5.41, 5.74) is 7.17. The summed E-state index contributed by atoms with van der Waals surface area (Å²) in [6.45, 7) is 0.0982. The van der Waals surface area contributed by atoms with Gasteiger partial charge in [-0.1, -0.05) is 17.0 Å². The van der Waals surface area contributed by atoms with E-state index in [1.54, 1.807) is 0 Å². The maximum absolute atomic E-state index is 12.9. The van der Waals surface area contributed by atoms with Gasteiger partial charge in [-0.15, -0.1) is 0 Å². The second-order valence-corrected chi connectivity index (χ2v) is 3.05. The molecule has 1 aromatic carbocycles. The molecule has 0 amide bonds. The van der Waals surface area contributed by atoms with Crippen molar-refractivity contribution >= 4 is 5.69 Å². The molecule has 92 valence electrons. The SMILES string of the molecule is [N-]=[N+]=NCCC#Cc1cc(F)c(F)cc1[N+](=O)[O-]. The minimum Gasteiger partial charge on any atom is -0.258 e. The van der Waals surface area contributed by atoms with Gasteiger partial charge in [-0.2, -0.15) is 0 Å². The van der Waals surface area contributed by atoms with Crippen LogP contribution in [-0.2, 0) is 0 Å². The number of hydrogen-bond donors (Lipinski definition) is 0. The first-order valence-corrected chi connectivity index (χ1v) is 4.69. The van der Waals surface area contributed by atoms with E-state index in [0.717, 1.165) is 0 Å². The van der Waals surface area contributed by atoms with E-state index in [-0.39, 0.29) is 18.5 Å². The Balaban J connectivity index is 3.03. The fraction of sp³-hybridized carbons (Fsp3) is 0.200. The summed E-state index contributed by atoms with van der Waals surface area (Å²) in [6, 6.07) is 1.14. The monoisotopic (exact) mass is 252 g/mol. The third kappa shape index (κ3) is 3.43. The van der Waals surface area contributed by atoms with E-state index in [0.29, 0.717) is 12.1 Å². The number of nitrogens with zero attached hydrogens (tertiary/aromatic N) is 4. The highest BCUT2D eigenvalue weighted by Gasteiger charge is 2.16. The van der Waals surface area contributed by atoms with Crippen LogP contribution in [0.3, 0.4) is 0 Å². The quantitative estimate of drug-likeness (QED) is 0.157. The lowest BCUT2D eigenvalue weighted by atomic mass is 10.1. The molecule has 0 aliphatic rings. The van der Waals surface area contributed by atoms with Crippen LogP contribution in [0.2, 0.25) is 0 Å². The molecule has 0 saturated heterocycles. The molecule has 0 saturated carbocycles.